The molecule has 23 heavy (non-hydrogen) atoms. The lowest BCUT2D eigenvalue weighted by Crippen LogP contribution is -2.42. The molecule has 1 unspecified atom stereocenters. The number of fused-ring (bicyclic) bond motifs is 1. The van der Waals surface area contributed by atoms with Gasteiger partial charge in [-0.05, 0) is 30.4 Å². The van der Waals surface area contributed by atoms with Crippen LogP contribution in [0.4, 0.5) is 0 Å². The maximum atomic E-state index is 12.4. The summed E-state index contributed by atoms with van der Waals surface area (Å²) < 4.78 is 28.2. The van der Waals surface area contributed by atoms with E-state index in [1.807, 2.05) is 23.1 Å². The van der Waals surface area contributed by atoms with Gasteiger partial charge in [-0.2, -0.15) is 0 Å². The zero-order valence-electron chi connectivity index (χ0n) is 13.2. The molecule has 0 bridgehead atoms. The second kappa shape index (κ2) is 7.01. The summed E-state index contributed by atoms with van der Waals surface area (Å²) in [6.07, 6.45) is 2.89. The highest BCUT2D eigenvalue weighted by molar-refractivity contribution is 7.91. The Labute approximate surface area is 137 Å². The van der Waals surface area contributed by atoms with Crippen molar-refractivity contribution in [2.24, 2.45) is 0 Å². The van der Waals surface area contributed by atoms with Gasteiger partial charge in [-0.1, -0.05) is 24.3 Å². The molecule has 1 aromatic rings. The first-order chi connectivity index (χ1) is 11.1. The molecular formula is C17H23NO4S. The Morgan fingerprint density at radius 1 is 1.22 bits per heavy atom. The molecule has 2 aliphatic rings. The normalized spacial score (nSPS) is 23.9. The predicted molar refractivity (Wildman–Crippen MR) is 88.2 cm³/mol. The number of sulfone groups is 1. The molecule has 126 valence electrons. The van der Waals surface area contributed by atoms with Crippen molar-refractivity contribution in [3.8, 4) is 0 Å². The van der Waals surface area contributed by atoms with Crippen molar-refractivity contribution in [3.63, 3.8) is 0 Å². The van der Waals surface area contributed by atoms with Crippen molar-refractivity contribution >= 4 is 15.8 Å². The van der Waals surface area contributed by atoms with E-state index in [2.05, 4.69) is 6.07 Å². The molecule has 1 aromatic carbocycles. The first-order valence-corrected chi connectivity index (χ1v) is 10.0. The monoisotopic (exact) mass is 337 g/mol. The van der Waals surface area contributed by atoms with Crippen LogP contribution in [0.2, 0.25) is 0 Å². The van der Waals surface area contributed by atoms with E-state index in [-0.39, 0.29) is 23.4 Å². The largest absolute Gasteiger partial charge is 0.464 e. The van der Waals surface area contributed by atoms with Gasteiger partial charge in [-0.3, -0.25) is 9.69 Å². The quantitative estimate of drug-likeness (QED) is 0.777. The standard InChI is InChI=1S/C17H23NO4S/c19-17(16-7-3-5-14-4-1-2-6-15(14)16)22-11-8-18-9-12-23(20,21)13-10-18/h1-2,4,6,16H,3,5,7-13H2. The third-order valence-corrected chi connectivity index (χ3v) is 6.35. The lowest BCUT2D eigenvalue weighted by molar-refractivity contribution is -0.146. The zero-order valence-corrected chi connectivity index (χ0v) is 14.1. The fourth-order valence-corrected chi connectivity index (χ4v) is 4.63. The minimum absolute atomic E-state index is 0.151. The molecule has 1 saturated heterocycles. The van der Waals surface area contributed by atoms with Crippen LogP contribution >= 0.6 is 0 Å². The Hall–Kier alpha value is -1.40. The van der Waals surface area contributed by atoms with Gasteiger partial charge in [0.05, 0.1) is 17.4 Å². The maximum Gasteiger partial charge on any atom is 0.313 e. The van der Waals surface area contributed by atoms with Crippen LogP contribution < -0.4 is 0 Å². The predicted octanol–water partition coefficient (Wildman–Crippen LogP) is 1.38. The molecule has 1 aliphatic carbocycles. The Morgan fingerprint density at radius 2 is 1.96 bits per heavy atom. The maximum absolute atomic E-state index is 12.4. The molecule has 3 rings (SSSR count). The van der Waals surface area contributed by atoms with E-state index in [1.54, 1.807) is 0 Å². The SMILES string of the molecule is O=C(OCCN1CCS(=O)(=O)CC1)C1CCCc2ccccc21. The van der Waals surface area contributed by atoms with Gasteiger partial charge in [0.25, 0.3) is 0 Å². The van der Waals surface area contributed by atoms with Crippen molar-refractivity contribution in [2.45, 2.75) is 25.2 Å². The van der Waals surface area contributed by atoms with Crippen LogP contribution in [0.1, 0.15) is 29.9 Å². The second-order valence-corrected chi connectivity index (χ2v) is 8.61. The van der Waals surface area contributed by atoms with Crippen LogP contribution in [0.3, 0.4) is 0 Å². The summed E-state index contributed by atoms with van der Waals surface area (Å²) >= 11 is 0. The minimum Gasteiger partial charge on any atom is -0.464 e. The number of esters is 1. The average Bonchev–Trinajstić information content (AvgIpc) is 2.56. The number of carbonyl (C=O) groups is 1. The van der Waals surface area contributed by atoms with Crippen LogP contribution in [0.25, 0.3) is 0 Å². The van der Waals surface area contributed by atoms with Gasteiger partial charge in [0.1, 0.15) is 6.61 Å². The van der Waals surface area contributed by atoms with Gasteiger partial charge in [0.15, 0.2) is 9.84 Å². The zero-order chi connectivity index (χ0) is 16.3. The summed E-state index contributed by atoms with van der Waals surface area (Å²) in [5, 5.41) is 0. The van der Waals surface area contributed by atoms with E-state index >= 15 is 0 Å². The smallest absolute Gasteiger partial charge is 0.313 e. The van der Waals surface area contributed by atoms with Gasteiger partial charge >= 0.3 is 5.97 Å². The second-order valence-electron chi connectivity index (χ2n) is 6.30. The highest BCUT2D eigenvalue weighted by Crippen LogP contribution is 2.32. The van der Waals surface area contributed by atoms with Gasteiger partial charge in [-0.15, -0.1) is 0 Å². The van der Waals surface area contributed by atoms with Crippen molar-refractivity contribution < 1.29 is 17.9 Å². The summed E-state index contributed by atoms with van der Waals surface area (Å²) in [6.45, 7) is 2.01. The number of aryl methyl sites for hydroxylation is 1. The number of hydrogen-bond acceptors (Lipinski definition) is 5. The molecule has 0 N–H and O–H groups in total. The van der Waals surface area contributed by atoms with E-state index in [0.29, 0.717) is 26.2 Å². The Kier molecular flexibility index (Phi) is 5.02. The number of ether oxygens (including phenoxy) is 1. The summed E-state index contributed by atoms with van der Waals surface area (Å²) in [4.78, 5) is 14.4. The summed E-state index contributed by atoms with van der Waals surface area (Å²) in [5.41, 5.74) is 2.36. The molecule has 0 saturated carbocycles. The van der Waals surface area contributed by atoms with E-state index in [1.165, 1.54) is 5.56 Å². The van der Waals surface area contributed by atoms with Crippen molar-refractivity contribution in [3.05, 3.63) is 35.4 Å². The molecule has 1 fully saturated rings. The Morgan fingerprint density at radius 3 is 2.74 bits per heavy atom. The third-order valence-electron chi connectivity index (χ3n) is 4.74. The molecule has 0 aromatic heterocycles. The summed E-state index contributed by atoms with van der Waals surface area (Å²) in [6, 6.07) is 8.09. The summed E-state index contributed by atoms with van der Waals surface area (Å²) in [5.74, 6) is 0.108. The molecule has 5 nitrogen and oxygen atoms in total. The molecule has 0 radical (unpaired) electrons. The first kappa shape index (κ1) is 16.5. The van der Waals surface area contributed by atoms with Crippen LogP contribution in [0.5, 0.6) is 0 Å². The lowest BCUT2D eigenvalue weighted by atomic mass is 9.83. The van der Waals surface area contributed by atoms with Gasteiger partial charge in [0, 0.05) is 19.6 Å². The molecule has 1 atom stereocenters. The van der Waals surface area contributed by atoms with Crippen LogP contribution in [0.15, 0.2) is 24.3 Å². The number of rotatable bonds is 4. The van der Waals surface area contributed by atoms with Gasteiger partial charge in [-0.25, -0.2) is 8.42 Å². The van der Waals surface area contributed by atoms with Gasteiger partial charge < -0.3 is 4.74 Å². The van der Waals surface area contributed by atoms with Crippen molar-refractivity contribution in [2.75, 3.05) is 37.7 Å². The molecule has 1 heterocycles. The Balaban J connectivity index is 1.49. The summed E-state index contributed by atoms with van der Waals surface area (Å²) in [7, 11) is -2.86. The lowest BCUT2D eigenvalue weighted by Gasteiger charge is -2.27. The van der Waals surface area contributed by atoms with Crippen LogP contribution in [0, 0.1) is 0 Å². The third kappa shape index (κ3) is 4.12. The molecule has 6 heteroatoms. The minimum atomic E-state index is -2.86. The van der Waals surface area contributed by atoms with Gasteiger partial charge in [0.2, 0.25) is 0 Å². The highest BCUT2D eigenvalue weighted by Gasteiger charge is 2.28. The Bertz CT molecular complexity index is 657. The highest BCUT2D eigenvalue weighted by atomic mass is 32.2. The molecule has 0 spiro atoms. The fourth-order valence-electron chi connectivity index (χ4n) is 3.35. The van der Waals surface area contributed by atoms with Crippen LogP contribution in [-0.2, 0) is 25.8 Å². The van der Waals surface area contributed by atoms with Crippen molar-refractivity contribution in [1.82, 2.24) is 4.90 Å². The number of hydrogen-bond donors (Lipinski definition) is 0. The number of benzene rings is 1. The molecular weight excluding hydrogens is 314 g/mol. The van der Waals surface area contributed by atoms with E-state index in [0.717, 1.165) is 24.8 Å². The number of nitrogens with zero attached hydrogens (tertiary/aromatic N) is 1. The molecule has 1 aliphatic heterocycles. The van der Waals surface area contributed by atoms with E-state index < -0.39 is 9.84 Å². The van der Waals surface area contributed by atoms with Crippen molar-refractivity contribution in [1.29, 1.82) is 0 Å². The number of carbonyl (C=O) groups excluding carboxylic acids is 1. The van der Waals surface area contributed by atoms with E-state index in [4.69, 9.17) is 4.74 Å². The van der Waals surface area contributed by atoms with Crippen LogP contribution in [-0.4, -0.2) is 57.0 Å². The fraction of sp³-hybridized carbons (Fsp3) is 0.588. The topological polar surface area (TPSA) is 63.7 Å². The average molecular weight is 337 g/mol. The first-order valence-electron chi connectivity index (χ1n) is 8.22. The van der Waals surface area contributed by atoms with E-state index in [9.17, 15) is 13.2 Å². The molecule has 0 amide bonds.